The molecular weight excluding hydrogens is 209 g/mol. The van der Waals surface area contributed by atoms with Crippen molar-refractivity contribution in [1.82, 2.24) is 9.38 Å². The largest absolute Gasteiger partial charge is 0.324 e. The Hall–Kier alpha value is -0.770. The molecule has 0 amide bonds. The standard InChI is InChI=1S/C8H7Cl2N3/c9-5-1-2-6-8(10)12-7(3-11)13(6)4-5/h1-2,4H,3,11H2. The van der Waals surface area contributed by atoms with E-state index in [1.54, 1.807) is 16.7 Å². The molecule has 3 nitrogen and oxygen atoms in total. The van der Waals surface area contributed by atoms with E-state index in [1.807, 2.05) is 6.07 Å². The van der Waals surface area contributed by atoms with Gasteiger partial charge in [0, 0.05) is 6.20 Å². The summed E-state index contributed by atoms with van der Waals surface area (Å²) < 4.78 is 1.80. The number of hydrogen-bond acceptors (Lipinski definition) is 2. The number of nitrogens with two attached hydrogens (primary N) is 1. The molecule has 0 bridgehead atoms. The van der Waals surface area contributed by atoms with Crippen molar-refractivity contribution in [2.75, 3.05) is 0 Å². The summed E-state index contributed by atoms with van der Waals surface area (Å²) in [7, 11) is 0. The Morgan fingerprint density at radius 2 is 2.15 bits per heavy atom. The van der Waals surface area contributed by atoms with Crippen LogP contribution in [0.3, 0.4) is 0 Å². The Labute approximate surface area is 85.1 Å². The first-order chi connectivity index (χ1) is 6.22. The molecule has 2 N–H and O–H groups in total. The molecule has 2 heterocycles. The molecule has 68 valence electrons. The maximum absolute atomic E-state index is 5.88. The van der Waals surface area contributed by atoms with Crippen LogP contribution in [0.1, 0.15) is 5.82 Å². The van der Waals surface area contributed by atoms with Crippen LogP contribution in [-0.2, 0) is 6.54 Å². The van der Waals surface area contributed by atoms with Gasteiger partial charge < -0.3 is 5.73 Å². The minimum absolute atomic E-state index is 0.341. The van der Waals surface area contributed by atoms with Gasteiger partial charge in [-0.05, 0) is 12.1 Å². The second kappa shape index (κ2) is 3.18. The quantitative estimate of drug-likeness (QED) is 0.793. The highest BCUT2D eigenvalue weighted by molar-refractivity contribution is 6.33. The molecule has 2 aromatic rings. The minimum Gasteiger partial charge on any atom is -0.324 e. The third-order valence-corrected chi connectivity index (χ3v) is 2.31. The van der Waals surface area contributed by atoms with Gasteiger partial charge in [-0.25, -0.2) is 4.98 Å². The lowest BCUT2D eigenvalue weighted by Gasteiger charge is -1.97. The Morgan fingerprint density at radius 1 is 1.38 bits per heavy atom. The zero-order chi connectivity index (χ0) is 9.42. The van der Waals surface area contributed by atoms with Gasteiger partial charge in [0.2, 0.25) is 0 Å². The molecule has 0 aliphatic rings. The lowest BCUT2D eigenvalue weighted by molar-refractivity contribution is 0.903. The zero-order valence-electron chi connectivity index (χ0n) is 6.67. The van der Waals surface area contributed by atoms with E-state index in [1.165, 1.54) is 0 Å². The van der Waals surface area contributed by atoms with Crippen molar-refractivity contribution >= 4 is 28.7 Å². The first kappa shape index (κ1) is 8.81. The number of halogens is 2. The van der Waals surface area contributed by atoms with Gasteiger partial charge >= 0.3 is 0 Å². The Kier molecular flexibility index (Phi) is 2.15. The summed E-state index contributed by atoms with van der Waals surface area (Å²) in [6.07, 6.45) is 1.75. The van der Waals surface area contributed by atoms with Crippen LogP contribution in [0.4, 0.5) is 0 Å². The predicted octanol–water partition coefficient (Wildman–Crippen LogP) is 2.10. The van der Waals surface area contributed by atoms with Crippen molar-refractivity contribution in [1.29, 1.82) is 0 Å². The molecular formula is C8H7Cl2N3. The lowest BCUT2D eigenvalue weighted by Crippen LogP contribution is -2.02. The number of imidazole rings is 1. The third kappa shape index (κ3) is 1.39. The molecule has 0 radical (unpaired) electrons. The van der Waals surface area contributed by atoms with Crippen LogP contribution >= 0.6 is 23.2 Å². The van der Waals surface area contributed by atoms with Crippen molar-refractivity contribution in [3.63, 3.8) is 0 Å². The van der Waals surface area contributed by atoms with E-state index in [9.17, 15) is 0 Å². The highest BCUT2D eigenvalue weighted by Crippen LogP contribution is 2.20. The van der Waals surface area contributed by atoms with Crippen LogP contribution < -0.4 is 5.73 Å². The van der Waals surface area contributed by atoms with Gasteiger partial charge in [0.15, 0.2) is 5.15 Å². The maximum atomic E-state index is 5.88. The maximum Gasteiger partial charge on any atom is 0.155 e. The second-order valence-corrected chi connectivity index (χ2v) is 3.42. The summed E-state index contributed by atoms with van der Waals surface area (Å²) in [5.74, 6) is 0.711. The summed E-state index contributed by atoms with van der Waals surface area (Å²) in [4.78, 5) is 4.09. The van der Waals surface area contributed by atoms with E-state index in [0.29, 0.717) is 22.5 Å². The number of rotatable bonds is 1. The fraction of sp³-hybridized carbons (Fsp3) is 0.125. The van der Waals surface area contributed by atoms with E-state index in [4.69, 9.17) is 28.9 Å². The van der Waals surface area contributed by atoms with E-state index in [-0.39, 0.29) is 0 Å². The Bertz CT molecular complexity index is 450. The highest BCUT2D eigenvalue weighted by Gasteiger charge is 2.07. The molecule has 5 heteroatoms. The van der Waals surface area contributed by atoms with E-state index in [2.05, 4.69) is 4.98 Å². The van der Waals surface area contributed by atoms with Gasteiger partial charge in [-0.3, -0.25) is 4.40 Å². The van der Waals surface area contributed by atoms with Crippen LogP contribution in [0.25, 0.3) is 5.52 Å². The van der Waals surface area contributed by atoms with Crippen molar-refractivity contribution in [2.45, 2.75) is 6.54 Å². The summed E-state index contributed by atoms with van der Waals surface area (Å²) in [6.45, 7) is 0.341. The summed E-state index contributed by atoms with van der Waals surface area (Å²) >= 11 is 11.7. The summed E-state index contributed by atoms with van der Waals surface area (Å²) in [5, 5.41) is 1.09. The number of aromatic nitrogens is 2. The first-order valence-corrected chi connectivity index (χ1v) is 4.50. The normalized spacial score (nSPS) is 11.0. The zero-order valence-corrected chi connectivity index (χ0v) is 8.18. The molecule has 0 spiro atoms. The van der Waals surface area contributed by atoms with Gasteiger partial charge in [-0.15, -0.1) is 0 Å². The minimum atomic E-state index is 0.341. The summed E-state index contributed by atoms with van der Waals surface area (Å²) in [6, 6.07) is 3.58. The van der Waals surface area contributed by atoms with Crippen LogP contribution in [0.5, 0.6) is 0 Å². The molecule has 0 saturated heterocycles. The molecule has 2 aromatic heterocycles. The monoisotopic (exact) mass is 215 g/mol. The molecule has 0 aliphatic carbocycles. The second-order valence-electron chi connectivity index (χ2n) is 2.63. The molecule has 0 aliphatic heterocycles. The van der Waals surface area contributed by atoms with Crippen molar-refractivity contribution in [2.24, 2.45) is 5.73 Å². The van der Waals surface area contributed by atoms with Crippen molar-refractivity contribution in [3.8, 4) is 0 Å². The Morgan fingerprint density at radius 3 is 2.85 bits per heavy atom. The van der Waals surface area contributed by atoms with Crippen LogP contribution in [0.2, 0.25) is 10.2 Å². The Balaban J connectivity index is 2.81. The first-order valence-electron chi connectivity index (χ1n) is 3.74. The SMILES string of the molecule is NCc1nc(Cl)c2ccc(Cl)cn12. The molecule has 13 heavy (non-hydrogen) atoms. The summed E-state index contributed by atoms with van der Waals surface area (Å²) in [5.41, 5.74) is 6.32. The van der Waals surface area contributed by atoms with Gasteiger partial charge in [0.25, 0.3) is 0 Å². The fourth-order valence-electron chi connectivity index (χ4n) is 1.22. The third-order valence-electron chi connectivity index (χ3n) is 1.81. The van der Waals surface area contributed by atoms with Gasteiger partial charge in [0.05, 0.1) is 17.1 Å². The molecule has 0 atom stereocenters. The van der Waals surface area contributed by atoms with Gasteiger partial charge in [0.1, 0.15) is 5.82 Å². The average molecular weight is 216 g/mol. The smallest absolute Gasteiger partial charge is 0.155 e. The van der Waals surface area contributed by atoms with Gasteiger partial charge in [-0.1, -0.05) is 23.2 Å². The molecule has 2 rings (SSSR count). The topological polar surface area (TPSA) is 43.3 Å². The van der Waals surface area contributed by atoms with E-state index < -0.39 is 0 Å². The van der Waals surface area contributed by atoms with Crippen LogP contribution in [0.15, 0.2) is 18.3 Å². The van der Waals surface area contributed by atoms with E-state index >= 15 is 0 Å². The van der Waals surface area contributed by atoms with Gasteiger partial charge in [-0.2, -0.15) is 0 Å². The van der Waals surface area contributed by atoms with Crippen molar-refractivity contribution < 1.29 is 0 Å². The number of hydrogen-bond donors (Lipinski definition) is 1. The molecule has 0 unspecified atom stereocenters. The highest BCUT2D eigenvalue weighted by atomic mass is 35.5. The fourth-order valence-corrected chi connectivity index (χ4v) is 1.64. The lowest BCUT2D eigenvalue weighted by atomic mass is 10.4. The number of nitrogens with zero attached hydrogens (tertiary/aromatic N) is 2. The molecule has 0 aromatic carbocycles. The number of fused-ring (bicyclic) bond motifs is 1. The van der Waals surface area contributed by atoms with Crippen LogP contribution in [0, 0.1) is 0 Å². The number of pyridine rings is 1. The average Bonchev–Trinajstić information content (AvgIpc) is 2.42. The molecule has 0 fully saturated rings. The van der Waals surface area contributed by atoms with E-state index in [0.717, 1.165) is 5.52 Å². The van der Waals surface area contributed by atoms with Crippen LogP contribution in [-0.4, -0.2) is 9.38 Å². The molecule has 0 saturated carbocycles. The van der Waals surface area contributed by atoms with Crippen molar-refractivity contribution in [3.05, 3.63) is 34.3 Å². The predicted molar refractivity (Wildman–Crippen MR) is 53.1 cm³/mol.